The van der Waals surface area contributed by atoms with Crippen molar-refractivity contribution in [3.8, 4) is 0 Å². The van der Waals surface area contributed by atoms with E-state index in [-0.39, 0.29) is 0 Å². The molecule has 3 rings (SSSR count). The second kappa shape index (κ2) is 6.53. The zero-order chi connectivity index (χ0) is 14.7. The third-order valence-corrected chi connectivity index (χ3v) is 4.01. The Bertz CT molecular complexity index is 495. The maximum atomic E-state index is 5.49. The number of nitrogens with zero attached hydrogens (tertiary/aromatic N) is 5. The molecule has 1 aromatic rings. The Morgan fingerprint density at radius 3 is 2.71 bits per heavy atom. The molecular formula is C14H23N5O2. The number of hydrogen-bond donors (Lipinski definition) is 0. The van der Waals surface area contributed by atoms with Gasteiger partial charge in [0.05, 0.1) is 19.3 Å². The molecule has 3 heterocycles. The van der Waals surface area contributed by atoms with Crippen LogP contribution in [-0.2, 0) is 11.3 Å². The number of aryl methyl sites for hydroxylation is 1. The molecule has 7 heteroatoms. The largest absolute Gasteiger partial charge is 0.424 e. The van der Waals surface area contributed by atoms with Gasteiger partial charge in [-0.25, -0.2) is 0 Å². The van der Waals surface area contributed by atoms with Gasteiger partial charge < -0.3 is 9.15 Å². The molecule has 1 fully saturated rings. The van der Waals surface area contributed by atoms with Gasteiger partial charge >= 0.3 is 0 Å². The number of hydrazone groups is 1. The van der Waals surface area contributed by atoms with Crippen LogP contribution in [0.2, 0.25) is 0 Å². The summed E-state index contributed by atoms with van der Waals surface area (Å²) in [5.74, 6) is 1.24. The normalized spacial score (nSPS) is 23.6. The lowest BCUT2D eigenvalue weighted by atomic mass is 10.1. The lowest BCUT2D eigenvalue weighted by Gasteiger charge is -2.31. The third kappa shape index (κ3) is 3.59. The molecular weight excluding hydrogens is 270 g/mol. The summed E-state index contributed by atoms with van der Waals surface area (Å²) in [5.41, 5.74) is 1.25. The molecule has 0 amide bonds. The van der Waals surface area contributed by atoms with Crippen LogP contribution in [0.5, 0.6) is 0 Å². The van der Waals surface area contributed by atoms with E-state index in [1.165, 1.54) is 5.71 Å². The molecule has 7 nitrogen and oxygen atoms in total. The van der Waals surface area contributed by atoms with E-state index in [0.717, 1.165) is 45.7 Å². The van der Waals surface area contributed by atoms with Gasteiger partial charge in [0, 0.05) is 38.7 Å². The summed E-state index contributed by atoms with van der Waals surface area (Å²) >= 11 is 0. The van der Waals surface area contributed by atoms with Crippen molar-refractivity contribution in [3.63, 3.8) is 0 Å². The first kappa shape index (κ1) is 14.5. The SMILES string of the molecule is CCC1=NN(Cc2nnc(C)o2)C(CN2CCOCC2)C1. The summed E-state index contributed by atoms with van der Waals surface area (Å²) in [7, 11) is 0. The number of hydrogen-bond acceptors (Lipinski definition) is 7. The summed E-state index contributed by atoms with van der Waals surface area (Å²) in [5, 5.41) is 14.8. The zero-order valence-electron chi connectivity index (χ0n) is 12.8. The first-order valence-corrected chi connectivity index (χ1v) is 7.66. The number of aromatic nitrogens is 2. The molecule has 2 aliphatic heterocycles. The molecule has 0 saturated carbocycles. The topological polar surface area (TPSA) is 67.0 Å². The average molecular weight is 293 g/mol. The molecule has 116 valence electrons. The van der Waals surface area contributed by atoms with E-state index in [0.29, 0.717) is 24.4 Å². The van der Waals surface area contributed by atoms with Crippen LogP contribution in [0.3, 0.4) is 0 Å². The van der Waals surface area contributed by atoms with E-state index in [9.17, 15) is 0 Å². The molecule has 0 aliphatic carbocycles. The van der Waals surface area contributed by atoms with Crippen molar-refractivity contribution in [2.24, 2.45) is 5.10 Å². The minimum atomic E-state index is 0.394. The lowest BCUT2D eigenvalue weighted by molar-refractivity contribution is 0.0238. The van der Waals surface area contributed by atoms with Gasteiger partial charge in [0.15, 0.2) is 0 Å². The molecule has 0 N–H and O–H groups in total. The van der Waals surface area contributed by atoms with Crippen LogP contribution in [0.1, 0.15) is 31.5 Å². The minimum Gasteiger partial charge on any atom is -0.424 e. The fourth-order valence-corrected chi connectivity index (χ4v) is 2.84. The Kier molecular flexibility index (Phi) is 4.50. The van der Waals surface area contributed by atoms with Gasteiger partial charge in [0.25, 0.3) is 0 Å². The van der Waals surface area contributed by atoms with E-state index in [2.05, 4.69) is 27.0 Å². The third-order valence-electron chi connectivity index (χ3n) is 4.01. The van der Waals surface area contributed by atoms with Crippen LogP contribution in [0.25, 0.3) is 0 Å². The number of ether oxygens (including phenoxy) is 1. The summed E-state index contributed by atoms with van der Waals surface area (Å²) in [6, 6.07) is 0.394. The molecule has 0 bridgehead atoms. The Morgan fingerprint density at radius 1 is 1.24 bits per heavy atom. The van der Waals surface area contributed by atoms with E-state index in [1.54, 1.807) is 0 Å². The zero-order valence-corrected chi connectivity index (χ0v) is 12.8. The predicted octanol–water partition coefficient (Wildman–Crippen LogP) is 1.05. The summed E-state index contributed by atoms with van der Waals surface area (Å²) in [6.45, 7) is 9.26. The molecule has 2 aliphatic rings. The molecule has 21 heavy (non-hydrogen) atoms. The van der Waals surface area contributed by atoms with Crippen LogP contribution >= 0.6 is 0 Å². The number of morpholine rings is 1. The van der Waals surface area contributed by atoms with Gasteiger partial charge in [-0.15, -0.1) is 10.2 Å². The fraction of sp³-hybridized carbons (Fsp3) is 0.786. The highest BCUT2D eigenvalue weighted by Gasteiger charge is 2.29. The van der Waals surface area contributed by atoms with Crippen molar-refractivity contribution in [1.82, 2.24) is 20.1 Å². The highest BCUT2D eigenvalue weighted by molar-refractivity contribution is 5.85. The second-order valence-electron chi connectivity index (χ2n) is 5.60. The summed E-state index contributed by atoms with van der Waals surface area (Å²) in [6.07, 6.45) is 2.03. The van der Waals surface area contributed by atoms with Crippen LogP contribution in [0, 0.1) is 6.92 Å². The van der Waals surface area contributed by atoms with Gasteiger partial charge in [0.1, 0.15) is 6.54 Å². The van der Waals surface area contributed by atoms with Gasteiger partial charge in [-0.3, -0.25) is 9.91 Å². The van der Waals surface area contributed by atoms with Crippen LogP contribution in [0.4, 0.5) is 0 Å². The molecule has 0 spiro atoms. The van der Waals surface area contributed by atoms with Crippen LogP contribution < -0.4 is 0 Å². The van der Waals surface area contributed by atoms with Crippen molar-refractivity contribution in [2.75, 3.05) is 32.8 Å². The first-order chi connectivity index (χ1) is 10.2. The fourth-order valence-electron chi connectivity index (χ4n) is 2.84. The van der Waals surface area contributed by atoms with Gasteiger partial charge in [-0.05, 0) is 6.42 Å². The lowest BCUT2D eigenvalue weighted by Crippen LogP contribution is -2.44. The molecule has 1 unspecified atom stereocenters. The summed E-state index contributed by atoms with van der Waals surface area (Å²) < 4.78 is 10.9. The Hall–Kier alpha value is -1.47. The van der Waals surface area contributed by atoms with Crippen molar-refractivity contribution < 1.29 is 9.15 Å². The monoisotopic (exact) mass is 293 g/mol. The van der Waals surface area contributed by atoms with Crippen LogP contribution in [-0.4, -0.2) is 64.7 Å². The quantitative estimate of drug-likeness (QED) is 0.808. The van der Waals surface area contributed by atoms with Gasteiger partial charge in [-0.2, -0.15) is 5.10 Å². The van der Waals surface area contributed by atoms with Crippen molar-refractivity contribution >= 4 is 5.71 Å². The highest BCUT2D eigenvalue weighted by Crippen LogP contribution is 2.21. The average Bonchev–Trinajstić information content (AvgIpc) is 3.07. The van der Waals surface area contributed by atoms with Crippen LogP contribution in [0.15, 0.2) is 9.52 Å². The van der Waals surface area contributed by atoms with Crippen molar-refractivity contribution in [3.05, 3.63) is 11.8 Å². The highest BCUT2D eigenvalue weighted by atomic mass is 16.5. The minimum absolute atomic E-state index is 0.394. The Balaban J connectivity index is 1.63. The predicted molar refractivity (Wildman–Crippen MR) is 78.0 cm³/mol. The smallest absolute Gasteiger partial charge is 0.237 e. The molecule has 1 aromatic heterocycles. The maximum Gasteiger partial charge on any atom is 0.237 e. The molecule has 0 aromatic carbocycles. The van der Waals surface area contributed by atoms with E-state index >= 15 is 0 Å². The standard InChI is InChI=1S/C14H23N5O2/c1-3-12-8-13(9-18-4-6-20-7-5-18)19(17-12)10-14-16-15-11(2)21-14/h13H,3-10H2,1-2H3. The Labute approximate surface area is 124 Å². The number of rotatable bonds is 5. The van der Waals surface area contributed by atoms with Gasteiger partial charge in [0.2, 0.25) is 11.8 Å². The van der Waals surface area contributed by atoms with E-state index < -0.39 is 0 Å². The molecule has 1 atom stereocenters. The van der Waals surface area contributed by atoms with E-state index in [1.807, 2.05) is 6.92 Å². The summed E-state index contributed by atoms with van der Waals surface area (Å²) in [4.78, 5) is 2.45. The van der Waals surface area contributed by atoms with Crippen molar-refractivity contribution in [1.29, 1.82) is 0 Å². The van der Waals surface area contributed by atoms with Crippen molar-refractivity contribution in [2.45, 2.75) is 39.3 Å². The Morgan fingerprint density at radius 2 is 2.05 bits per heavy atom. The first-order valence-electron chi connectivity index (χ1n) is 7.66. The molecule has 0 radical (unpaired) electrons. The second-order valence-corrected chi connectivity index (χ2v) is 5.60. The maximum absolute atomic E-state index is 5.49. The van der Waals surface area contributed by atoms with E-state index in [4.69, 9.17) is 14.3 Å². The van der Waals surface area contributed by atoms with Gasteiger partial charge in [-0.1, -0.05) is 6.92 Å². The molecule has 1 saturated heterocycles.